The number of fused-ring (bicyclic) bond motifs is 5. The highest BCUT2D eigenvalue weighted by molar-refractivity contribution is 6.32. The first-order valence-electron chi connectivity index (χ1n) is 12.0. The van der Waals surface area contributed by atoms with E-state index in [1.54, 1.807) is 6.07 Å². The number of aromatic hydroxyl groups is 1. The fourth-order valence-corrected chi connectivity index (χ4v) is 5.37. The number of halogens is 16. The van der Waals surface area contributed by atoms with Crippen molar-refractivity contribution in [2.75, 3.05) is 6.54 Å². The van der Waals surface area contributed by atoms with Gasteiger partial charge in [-0.1, -0.05) is 11.6 Å². The molecule has 0 radical (unpaired) electrons. The molecule has 4 rings (SSSR count). The van der Waals surface area contributed by atoms with Crippen molar-refractivity contribution in [3.05, 3.63) is 44.5 Å². The summed E-state index contributed by atoms with van der Waals surface area (Å²) in [7, 11) is 0. The lowest BCUT2D eigenvalue weighted by molar-refractivity contribution is -0.450. The topological polar surface area (TPSA) is 91.3 Å². The van der Waals surface area contributed by atoms with Gasteiger partial charge in [0.25, 0.3) is 0 Å². The van der Waals surface area contributed by atoms with Crippen molar-refractivity contribution in [2.45, 2.75) is 67.1 Å². The standard InChI is InChI=1S/C23H12ClF15N4O3/c1-7-10(3-2-8(5-40)12(7)24)43-14(44)13-11-4-9(42(13)16(43)46)6-41(11)15(45)17(25,26)18(27,28)19(29,30)20(31,32)21(33,34)22(35,36)23(37,38)39/h2-3,9,11,44H,4,6H2,1H3/t9-,11-/m0/s1. The number of nitrogens with zero attached hydrogens (tertiary/aromatic N) is 4. The zero-order chi connectivity index (χ0) is 35.5. The van der Waals surface area contributed by atoms with Crippen LogP contribution in [0.15, 0.2) is 16.9 Å². The molecule has 2 bridgehead atoms. The van der Waals surface area contributed by atoms with E-state index in [1.807, 2.05) is 0 Å². The maximum atomic E-state index is 14.7. The van der Waals surface area contributed by atoms with Crippen LogP contribution >= 0.6 is 11.6 Å². The average molecular weight is 713 g/mol. The summed E-state index contributed by atoms with van der Waals surface area (Å²) in [5, 5.41) is 19.6. The molecule has 0 unspecified atom stereocenters. The predicted octanol–water partition coefficient (Wildman–Crippen LogP) is 6.38. The smallest absolute Gasteiger partial charge is 0.460 e. The van der Waals surface area contributed by atoms with E-state index in [2.05, 4.69) is 0 Å². The van der Waals surface area contributed by atoms with E-state index in [-0.39, 0.29) is 21.8 Å². The van der Waals surface area contributed by atoms with Gasteiger partial charge in [-0.25, -0.2) is 9.36 Å². The summed E-state index contributed by atoms with van der Waals surface area (Å²) in [6, 6.07) is 0.297. The number of carbonyl (C=O) groups excluding carboxylic acids is 1. The maximum absolute atomic E-state index is 14.7. The second-order valence-corrected chi connectivity index (χ2v) is 10.6. The molecule has 0 spiro atoms. The molecule has 254 valence electrons. The van der Waals surface area contributed by atoms with Crippen LogP contribution < -0.4 is 5.69 Å². The third-order valence-corrected chi connectivity index (χ3v) is 8.12. The van der Waals surface area contributed by atoms with Gasteiger partial charge in [0.2, 0.25) is 5.88 Å². The van der Waals surface area contributed by atoms with Gasteiger partial charge in [0.15, 0.2) is 0 Å². The van der Waals surface area contributed by atoms with Crippen molar-refractivity contribution in [2.24, 2.45) is 0 Å². The molecule has 46 heavy (non-hydrogen) atoms. The summed E-state index contributed by atoms with van der Waals surface area (Å²) in [5.41, 5.74) is -2.32. The third kappa shape index (κ3) is 4.08. The van der Waals surface area contributed by atoms with Gasteiger partial charge >= 0.3 is 53.3 Å². The Balaban J connectivity index is 1.75. The van der Waals surface area contributed by atoms with Crippen LogP contribution in [0.25, 0.3) is 5.69 Å². The quantitative estimate of drug-likeness (QED) is 0.338. The molecule has 1 saturated heterocycles. The summed E-state index contributed by atoms with van der Waals surface area (Å²) < 4.78 is 206. The van der Waals surface area contributed by atoms with Crippen LogP contribution in [0.4, 0.5) is 65.9 Å². The van der Waals surface area contributed by atoms with Crippen LogP contribution in [-0.2, 0) is 4.79 Å². The number of imidazole rings is 1. The highest BCUT2D eigenvalue weighted by Crippen LogP contribution is 2.63. The zero-order valence-electron chi connectivity index (χ0n) is 21.8. The van der Waals surface area contributed by atoms with Crippen LogP contribution in [0.3, 0.4) is 0 Å². The molecule has 3 heterocycles. The van der Waals surface area contributed by atoms with Crippen molar-refractivity contribution in [3.63, 3.8) is 0 Å². The van der Waals surface area contributed by atoms with Crippen LogP contribution in [0.2, 0.25) is 5.02 Å². The van der Waals surface area contributed by atoms with Crippen molar-refractivity contribution >= 4 is 17.5 Å². The van der Waals surface area contributed by atoms with E-state index < -0.39 is 94.8 Å². The monoisotopic (exact) mass is 712 g/mol. The number of alkyl halides is 15. The Bertz CT molecular complexity index is 1720. The molecule has 2 aliphatic heterocycles. The lowest BCUT2D eigenvalue weighted by Gasteiger charge is -2.42. The molecule has 1 aromatic heterocycles. The Hall–Kier alpha value is -3.77. The molecular weight excluding hydrogens is 701 g/mol. The van der Waals surface area contributed by atoms with Gasteiger partial charge in [0.05, 0.1) is 28.4 Å². The van der Waals surface area contributed by atoms with E-state index in [4.69, 9.17) is 16.9 Å². The Kier molecular flexibility index (Phi) is 7.53. The largest absolute Gasteiger partial charge is 0.493 e. The van der Waals surface area contributed by atoms with Crippen molar-refractivity contribution in [3.8, 4) is 17.6 Å². The highest BCUT2D eigenvalue weighted by Gasteiger charge is 2.94. The van der Waals surface area contributed by atoms with Gasteiger partial charge in [-0.2, -0.15) is 71.1 Å². The number of amides is 1. The predicted molar refractivity (Wildman–Crippen MR) is 120 cm³/mol. The zero-order valence-corrected chi connectivity index (χ0v) is 22.6. The van der Waals surface area contributed by atoms with Crippen molar-refractivity contribution in [1.29, 1.82) is 5.26 Å². The molecule has 7 nitrogen and oxygen atoms in total. The van der Waals surface area contributed by atoms with Gasteiger partial charge in [-0.05, 0) is 31.0 Å². The summed E-state index contributed by atoms with van der Waals surface area (Å²) in [6.45, 7) is 0.00715. The molecule has 1 amide bonds. The number of carbonyl (C=O) groups is 1. The molecule has 1 N–H and O–H groups in total. The van der Waals surface area contributed by atoms with E-state index >= 15 is 0 Å². The molecule has 0 saturated carbocycles. The average Bonchev–Trinajstić information content (AvgIpc) is 3.60. The number of likely N-dealkylation sites (tertiary alicyclic amines) is 1. The normalized spacial score (nSPS) is 19.4. The SMILES string of the molecule is Cc1c(-n2c(O)c3n(c2=O)[C@H]2C[C@@H]3N(C(=O)C(F)(F)C(F)(F)C(F)(F)C(F)(F)C(F)(F)C(F)(F)C(F)(F)F)C2)ccc(C#N)c1Cl. The lowest BCUT2D eigenvalue weighted by atomic mass is 9.90. The molecule has 1 fully saturated rings. The number of hydrogen-bond donors (Lipinski definition) is 1. The second kappa shape index (κ2) is 9.87. The Labute approximate surface area is 248 Å². The molecule has 1 aromatic carbocycles. The fraction of sp³-hybridized carbons (Fsp3) is 0.522. The number of benzene rings is 1. The van der Waals surface area contributed by atoms with Crippen molar-refractivity contribution < 1.29 is 75.8 Å². The number of hydrogen-bond acceptors (Lipinski definition) is 4. The Morgan fingerprint density at radius 2 is 1.39 bits per heavy atom. The van der Waals surface area contributed by atoms with Gasteiger partial charge in [0, 0.05) is 6.54 Å². The van der Waals surface area contributed by atoms with Gasteiger partial charge in [-0.3, -0.25) is 9.36 Å². The van der Waals surface area contributed by atoms with Crippen LogP contribution in [0, 0.1) is 18.3 Å². The number of nitriles is 1. The number of rotatable bonds is 7. The first-order valence-corrected chi connectivity index (χ1v) is 12.4. The summed E-state index contributed by atoms with van der Waals surface area (Å²) >= 11 is 6.03. The molecule has 0 aliphatic carbocycles. The molecule has 2 aliphatic rings. The van der Waals surface area contributed by atoms with Gasteiger partial charge in [0.1, 0.15) is 11.8 Å². The van der Waals surface area contributed by atoms with Gasteiger partial charge in [-0.15, -0.1) is 0 Å². The Morgan fingerprint density at radius 3 is 1.89 bits per heavy atom. The van der Waals surface area contributed by atoms with E-state index in [0.717, 1.165) is 12.1 Å². The third-order valence-electron chi connectivity index (χ3n) is 7.63. The van der Waals surface area contributed by atoms with Crippen LogP contribution in [0.5, 0.6) is 5.88 Å². The minimum Gasteiger partial charge on any atom is -0.493 e. The highest BCUT2D eigenvalue weighted by atomic mass is 35.5. The summed E-state index contributed by atoms with van der Waals surface area (Å²) in [5.74, 6) is -53.6. The van der Waals surface area contributed by atoms with Gasteiger partial charge < -0.3 is 10.0 Å². The lowest BCUT2D eigenvalue weighted by Crippen LogP contribution is -2.74. The maximum Gasteiger partial charge on any atom is 0.460 e. The first kappa shape index (κ1) is 35.1. The van der Waals surface area contributed by atoms with Crippen molar-refractivity contribution in [1.82, 2.24) is 14.0 Å². The van der Waals surface area contributed by atoms with E-state index in [9.17, 15) is 80.6 Å². The number of aromatic nitrogens is 2. The fourth-order valence-electron chi connectivity index (χ4n) is 5.17. The first-order chi connectivity index (χ1) is 20.6. The van der Waals surface area contributed by atoms with E-state index in [1.165, 1.54) is 6.92 Å². The van der Waals surface area contributed by atoms with Crippen LogP contribution in [-0.4, -0.2) is 73.3 Å². The Morgan fingerprint density at radius 1 is 0.891 bits per heavy atom. The molecular formula is C23H12ClF15N4O3. The second-order valence-electron chi connectivity index (χ2n) is 10.2. The van der Waals surface area contributed by atoms with E-state index in [0.29, 0.717) is 9.13 Å². The van der Waals surface area contributed by atoms with Crippen LogP contribution in [0.1, 0.15) is 35.3 Å². The molecule has 2 atom stereocenters. The summed E-state index contributed by atoms with van der Waals surface area (Å²) in [6.07, 6.45) is -8.43. The molecule has 23 heteroatoms. The minimum absolute atomic E-state index is 0.0232. The summed E-state index contributed by atoms with van der Waals surface area (Å²) in [4.78, 5) is 25.2. The molecule has 2 aromatic rings. The minimum atomic E-state index is -8.56.